The fourth-order valence-corrected chi connectivity index (χ4v) is 2.35. The van der Waals surface area contributed by atoms with Crippen LogP contribution in [0.25, 0.3) is 0 Å². The third kappa shape index (κ3) is 3.73. The molecule has 0 saturated carbocycles. The van der Waals surface area contributed by atoms with Crippen LogP contribution in [-0.4, -0.2) is 13.2 Å². The van der Waals surface area contributed by atoms with Crippen LogP contribution in [0.4, 0.5) is 5.69 Å². The maximum Gasteiger partial charge on any atom is 0.125 e. The summed E-state index contributed by atoms with van der Waals surface area (Å²) in [5, 5.41) is 0. The van der Waals surface area contributed by atoms with Crippen molar-refractivity contribution in [3.8, 4) is 11.5 Å². The topological polar surface area (TPSA) is 44.5 Å². The Hall–Kier alpha value is -2.16. The van der Waals surface area contributed by atoms with Gasteiger partial charge in [-0.2, -0.15) is 0 Å². The average Bonchev–Trinajstić information content (AvgIpc) is 2.50. The molecule has 0 fully saturated rings. The lowest BCUT2D eigenvalue weighted by molar-refractivity contribution is 0.245. The highest BCUT2D eigenvalue weighted by Crippen LogP contribution is 2.26. The van der Waals surface area contributed by atoms with Crippen molar-refractivity contribution in [1.82, 2.24) is 0 Å². The summed E-state index contributed by atoms with van der Waals surface area (Å²) in [6, 6.07) is 9.97. The second-order valence-electron chi connectivity index (χ2n) is 5.67. The van der Waals surface area contributed by atoms with Crippen molar-refractivity contribution >= 4 is 5.69 Å². The number of hydrogen-bond donors (Lipinski definition) is 1. The second-order valence-corrected chi connectivity index (χ2v) is 5.67. The number of anilines is 1. The first-order chi connectivity index (χ1) is 10.5. The van der Waals surface area contributed by atoms with E-state index >= 15 is 0 Å². The molecule has 0 saturated heterocycles. The summed E-state index contributed by atoms with van der Waals surface area (Å²) in [5.41, 5.74) is 11.3. The molecule has 2 aromatic rings. The van der Waals surface area contributed by atoms with Crippen molar-refractivity contribution in [1.29, 1.82) is 0 Å². The molecule has 2 rings (SSSR count). The van der Waals surface area contributed by atoms with Gasteiger partial charge in [0.15, 0.2) is 0 Å². The molecule has 118 valence electrons. The van der Waals surface area contributed by atoms with E-state index in [1.807, 2.05) is 25.1 Å². The van der Waals surface area contributed by atoms with E-state index in [-0.39, 0.29) is 0 Å². The van der Waals surface area contributed by atoms with Crippen LogP contribution in [-0.2, 0) is 0 Å². The lowest BCUT2D eigenvalue weighted by Crippen LogP contribution is -2.07. The molecule has 0 aliphatic heterocycles. The smallest absolute Gasteiger partial charge is 0.125 e. The number of ether oxygens (including phenoxy) is 2. The molecule has 22 heavy (non-hydrogen) atoms. The van der Waals surface area contributed by atoms with Gasteiger partial charge in [-0.25, -0.2) is 0 Å². The lowest BCUT2D eigenvalue weighted by atomic mass is 10.1. The van der Waals surface area contributed by atoms with Crippen LogP contribution in [0.5, 0.6) is 11.5 Å². The van der Waals surface area contributed by atoms with Crippen LogP contribution < -0.4 is 15.2 Å². The first-order valence-corrected chi connectivity index (χ1v) is 7.68. The molecule has 2 N–H and O–H groups in total. The summed E-state index contributed by atoms with van der Waals surface area (Å²) in [6.45, 7) is 9.52. The largest absolute Gasteiger partial charge is 0.493 e. The third-order valence-corrected chi connectivity index (χ3v) is 3.99. The highest BCUT2D eigenvalue weighted by Gasteiger charge is 2.06. The van der Waals surface area contributed by atoms with Gasteiger partial charge >= 0.3 is 0 Å². The van der Waals surface area contributed by atoms with Crippen molar-refractivity contribution in [2.75, 3.05) is 18.9 Å². The third-order valence-electron chi connectivity index (χ3n) is 3.99. The molecule has 0 aliphatic carbocycles. The minimum Gasteiger partial charge on any atom is -0.493 e. The minimum atomic E-state index is 0.619. The molecular weight excluding hydrogens is 274 g/mol. The Morgan fingerprint density at radius 3 is 2.27 bits per heavy atom. The summed E-state index contributed by atoms with van der Waals surface area (Å²) in [5.74, 6) is 1.85. The molecule has 3 heteroatoms. The van der Waals surface area contributed by atoms with Crippen LogP contribution >= 0.6 is 0 Å². The zero-order valence-electron chi connectivity index (χ0n) is 13.9. The van der Waals surface area contributed by atoms with Crippen molar-refractivity contribution in [2.45, 2.75) is 34.1 Å². The Morgan fingerprint density at radius 2 is 1.50 bits per heavy atom. The van der Waals surface area contributed by atoms with Crippen molar-refractivity contribution in [3.05, 3.63) is 52.6 Å². The Bertz CT molecular complexity index is 650. The van der Waals surface area contributed by atoms with E-state index in [9.17, 15) is 0 Å². The number of aryl methyl sites for hydroxylation is 2. The van der Waals surface area contributed by atoms with E-state index in [1.54, 1.807) is 0 Å². The van der Waals surface area contributed by atoms with E-state index in [2.05, 4.69) is 32.9 Å². The van der Waals surface area contributed by atoms with Gasteiger partial charge in [-0.15, -0.1) is 0 Å². The molecule has 0 spiro atoms. The van der Waals surface area contributed by atoms with Crippen LogP contribution in [0.1, 0.15) is 28.7 Å². The van der Waals surface area contributed by atoms with E-state index in [1.165, 1.54) is 16.7 Å². The summed E-state index contributed by atoms with van der Waals surface area (Å²) in [6.07, 6.45) is 0.834. The predicted octanol–water partition coefficient (Wildman–Crippen LogP) is 4.35. The molecule has 0 bridgehead atoms. The molecular formula is C19H25NO2. The fourth-order valence-electron chi connectivity index (χ4n) is 2.35. The normalized spacial score (nSPS) is 10.5. The van der Waals surface area contributed by atoms with Crippen LogP contribution in [0.15, 0.2) is 30.3 Å². The SMILES string of the molecule is Cc1ccc(C)c(OCCCOc2cccc(N)c2C)c1C. The first-order valence-electron chi connectivity index (χ1n) is 7.68. The van der Waals surface area contributed by atoms with E-state index in [4.69, 9.17) is 15.2 Å². The maximum atomic E-state index is 5.94. The summed E-state index contributed by atoms with van der Waals surface area (Å²) in [4.78, 5) is 0. The molecule has 0 amide bonds. The van der Waals surface area contributed by atoms with Crippen LogP contribution in [0.2, 0.25) is 0 Å². The van der Waals surface area contributed by atoms with Crippen molar-refractivity contribution in [2.24, 2.45) is 0 Å². The van der Waals surface area contributed by atoms with Gasteiger partial charge < -0.3 is 15.2 Å². The lowest BCUT2D eigenvalue weighted by Gasteiger charge is -2.14. The van der Waals surface area contributed by atoms with E-state index in [0.29, 0.717) is 13.2 Å². The van der Waals surface area contributed by atoms with Gasteiger partial charge in [0.25, 0.3) is 0 Å². The van der Waals surface area contributed by atoms with Gasteiger partial charge in [0.2, 0.25) is 0 Å². The first kappa shape index (κ1) is 16.2. The molecule has 0 radical (unpaired) electrons. The summed E-state index contributed by atoms with van der Waals surface area (Å²) >= 11 is 0. The Balaban J connectivity index is 1.83. The fraction of sp³-hybridized carbons (Fsp3) is 0.368. The number of hydrogen-bond acceptors (Lipinski definition) is 3. The van der Waals surface area contributed by atoms with Crippen molar-refractivity contribution < 1.29 is 9.47 Å². The zero-order valence-corrected chi connectivity index (χ0v) is 13.9. The quantitative estimate of drug-likeness (QED) is 0.637. The van der Waals surface area contributed by atoms with Crippen molar-refractivity contribution in [3.63, 3.8) is 0 Å². The van der Waals surface area contributed by atoms with Gasteiger partial charge in [-0.1, -0.05) is 18.2 Å². The highest BCUT2D eigenvalue weighted by atomic mass is 16.5. The Labute approximate surface area is 133 Å². The number of benzene rings is 2. The number of nitrogens with two attached hydrogens (primary N) is 1. The molecule has 0 atom stereocenters. The van der Waals surface area contributed by atoms with E-state index < -0.39 is 0 Å². The van der Waals surface area contributed by atoms with Gasteiger partial charge in [-0.3, -0.25) is 0 Å². The van der Waals surface area contributed by atoms with Gasteiger partial charge in [0, 0.05) is 17.7 Å². The molecule has 0 heterocycles. The molecule has 0 unspecified atom stereocenters. The maximum absolute atomic E-state index is 5.94. The van der Waals surface area contributed by atoms with E-state index in [0.717, 1.165) is 29.2 Å². The Morgan fingerprint density at radius 1 is 0.818 bits per heavy atom. The molecule has 2 aromatic carbocycles. The highest BCUT2D eigenvalue weighted by molar-refractivity contribution is 5.53. The number of nitrogen functional groups attached to an aromatic ring is 1. The molecule has 0 aromatic heterocycles. The second kappa shape index (κ2) is 7.21. The monoisotopic (exact) mass is 299 g/mol. The Kier molecular flexibility index (Phi) is 5.31. The predicted molar refractivity (Wildman–Crippen MR) is 91.9 cm³/mol. The molecule has 0 aliphatic rings. The number of rotatable bonds is 6. The summed E-state index contributed by atoms with van der Waals surface area (Å²) < 4.78 is 11.7. The average molecular weight is 299 g/mol. The summed E-state index contributed by atoms with van der Waals surface area (Å²) in [7, 11) is 0. The van der Waals surface area contributed by atoms with Crippen LogP contribution in [0, 0.1) is 27.7 Å². The minimum absolute atomic E-state index is 0.619. The standard InChI is InChI=1S/C19H25NO2/c1-13-9-10-14(2)19(15(13)3)22-12-6-11-21-18-8-5-7-17(20)16(18)4/h5,7-10H,6,11-12,20H2,1-4H3. The van der Waals surface area contributed by atoms with Gasteiger partial charge in [0.1, 0.15) is 11.5 Å². The zero-order chi connectivity index (χ0) is 16.1. The van der Waals surface area contributed by atoms with Crippen LogP contribution in [0.3, 0.4) is 0 Å². The van der Waals surface area contributed by atoms with Gasteiger partial charge in [-0.05, 0) is 56.5 Å². The molecule has 3 nitrogen and oxygen atoms in total. The van der Waals surface area contributed by atoms with Gasteiger partial charge in [0.05, 0.1) is 13.2 Å².